The van der Waals surface area contributed by atoms with Crippen LogP contribution in [0.3, 0.4) is 0 Å². The van der Waals surface area contributed by atoms with Crippen LogP contribution in [0.25, 0.3) is 0 Å². The molecule has 2 aromatic heterocycles. The zero-order valence-corrected chi connectivity index (χ0v) is 11.8. The molecular formula is C18H18N2O. The predicted octanol–water partition coefficient (Wildman–Crippen LogP) is 3.60. The molecule has 0 saturated heterocycles. The summed E-state index contributed by atoms with van der Waals surface area (Å²) in [5.74, 6) is 0.941. The van der Waals surface area contributed by atoms with Gasteiger partial charge in [-0.25, -0.2) is 0 Å². The average molecular weight is 278 g/mol. The van der Waals surface area contributed by atoms with Gasteiger partial charge in [-0.15, -0.1) is 0 Å². The minimum Gasteiger partial charge on any atom is -0.467 e. The average Bonchev–Trinajstić information content (AvgIpc) is 3.07. The molecule has 0 radical (unpaired) electrons. The van der Waals surface area contributed by atoms with Gasteiger partial charge in [0, 0.05) is 18.9 Å². The molecule has 1 unspecified atom stereocenters. The molecule has 2 heterocycles. The van der Waals surface area contributed by atoms with E-state index in [-0.39, 0.29) is 6.04 Å². The highest BCUT2D eigenvalue weighted by Crippen LogP contribution is 2.22. The smallest absolute Gasteiger partial charge is 0.125 e. The van der Waals surface area contributed by atoms with E-state index >= 15 is 0 Å². The van der Waals surface area contributed by atoms with E-state index in [0.717, 1.165) is 18.7 Å². The lowest BCUT2D eigenvalue weighted by Crippen LogP contribution is -2.24. The Bertz CT molecular complexity index is 636. The van der Waals surface area contributed by atoms with Gasteiger partial charge in [-0.3, -0.25) is 4.98 Å². The number of pyridine rings is 1. The van der Waals surface area contributed by atoms with E-state index < -0.39 is 0 Å². The third-order valence-corrected chi connectivity index (χ3v) is 3.47. The molecule has 3 nitrogen and oxygen atoms in total. The van der Waals surface area contributed by atoms with Gasteiger partial charge < -0.3 is 9.73 Å². The minimum absolute atomic E-state index is 0.0861. The first-order valence-corrected chi connectivity index (χ1v) is 7.14. The lowest BCUT2D eigenvalue weighted by Gasteiger charge is -2.17. The van der Waals surface area contributed by atoms with Crippen molar-refractivity contribution in [3.63, 3.8) is 0 Å². The third-order valence-electron chi connectivity index (χ3n) is 3.47. The van der Waals surface area contributed by atoms with Gasteiger partial charge in [0.1, 0.15) is 5.76 Å². The fourth-order valence-electron chi connectivity index (χ4n) is 2.39. The molecule has 0 fully saturated rings. The monoisotopic (exact) mass is 278 g/mol. The van der Waals surface area contributed by atoms with Crippen LogP contribution >= 0.6 is 0 Å². The topological polar surface area (TPSA) is 38.1 Å². The van der Waals surface area contributed by atoms with Crippen molar-refractivity contribution in [2.75, 3.05) is 6.54 Å². The Morgan fingerprint density at radius 1 is 0.952 bits per heavy atom. The standard InChI is InChI=1S/C18H18N2O/c1-2-5-16(6-3-1)18(17-7-4-14-21-17)20-13-10-15-8-11-19-12-9-15/h1-9,11-12,14,18,20H,10,13H2. The summed E-state index contributed by atoms with van der Waals surface area (Å²) in [6.07, 6.45) is 6.34. The number of aromatic nitrogens is 1. The highest BCUT2D eigenvalue weighted by atomic mass is 16.3. The molecule has 3 heteroatoms. The van der Waals surface area contributed by atoms with Gasteiger partial charge in [-0.05, 0) is 41.8 Å². The molecule has 0 bridgehead atoms. The normalized spacial score (nSPS) is 12.2. The quantitative estimate of drug-likeness (QED) is 0.748. The molecule has 0 spiro atoms. The SMILES string of the molecule is c1ccc(C(NCCc2ccncc2)c2ccco2)cc1. The van der Waals surface area contributed by atoms with Gasteiger partial charge in [-0.1, -0.05) is 30.3 Å². The number of rotatable bonds is 6. The van der Waals surface area contributed by atoms with E-state index in [1.54, 1.807) is 6.26 Å². The predicted molar refractivity (Wildman–Crippen MR) is 82.9 cm³/mol. The van der Waals surface area contributed by atoms with Crippen molar-refractivity contribution in [3.05, 3.63) is 90.1 Å². The van der Waals surface area contributed by atoms with E-state index in [4.69, 9.17) is 4.42 Å². The molecular weight excluding hydrogens is 260 g/mol. The zero-order chi connectivity index (χ0) is 14.3. The van der Waals surface area contributed by atoms with Crippen molar-refractivity contribution >= 4 is 0 Å². The molecule has 3 aromatic rings. The molecule has 21 heavy (non-hydrogen) atoms. The van der Waals surface area contributed by atoms with E-state index in [1.807, 2.05) is 42.7 Å². The summed E-state index contributed by atoms with van der Waals surface area (Å²) in [6, 6.07) is 18.5. The Hall–Kier alpha value is -2.39. The maximum atomic E-state index is 5.58. The van der Waals surface area contributed by atoms with E-state index in [9.17, 15) is 0 Å². The number of furan rings is 1. The molecule has 1 N–H and O–H groups in total. The molecule has 0 aliphatic rings. The van der Waals surface area contributed by atoms with Crippen molar-refractivity contribution in [3.8, 4) is 0 Å². The number of nitrogens with zero attached hydrogens (tertiary/aromatic N) is 1. The van der Waals surface area contributed by atoms with Crippen molar-refractivity contribution in [1.29, 1.82) is 0 Å². The lowest BCUT2D eigenvalue weighted by molar-refractivity contribution is 0.448. The fourth-order valence-corrected chi connectivity index (χ4v) is 2.39. The highest BCUT2D eigenvalue weighted by molar-refractivity contribution is 5.26. The van der Waals surface area contributed by atoms with Crippen molar-refractivity contribution in [2.45, 2.75) is 12.5 Å². The number of benzene rings is 1. The first-order valence-electron chi connectivity index (χ1n) is 7.14. The maximum Gasteiger partial charge on any atom is 0.125 e. The largest absolute Gasteiger partial charge is 0.467 e. The van der Waals surface area contributed by atoms with Crippen LogP contribution in [0.2, 0.25) is 0 Å². The summed E-state index contributed by atoms with van der Waals surface area (Å²) in [5, 5.41) is 3.57. The van der Waals surface area contributed by atoms with Gasteiger partial charge in [-0.2, -0.15) is 0 Å². The molecule has 1 atom stereocenters. The summed E-state index contributed by atoms with van der Waals surface area (Å²) in [6.45, 7) is 0.879. The summed E-state index contributed by atoms with van der Waals surface area (Å²) < 4.78 is 5.58. The number of hydrogen-bond donors (Lipinski definition) is 1. The maximum absolute atomic E-state index is 5.58. The Morgan fingerprint density at radius 2 is 1.76 bits per heavy atom. The van der Waals surface area contributed by atoms with Crippen LogP contribution < -0.4 is 5.32 Å². The van der Waals surface area contributed by atoms with Crippen LogP contribution in [0.4, 0.5) is 0 Å². The third kappa shape index (κ3) is 3.58. The van der Waals surface area contributed by atoms with Crippen molar-refractivity contribution < 1.29 is 4.42 Å². The summed E-state index contributed by atoms with van der Waals surface area (Å²) in [5.41, 5.74) is 2.49. The fraction of sp³-hybridized carbons (Fsp3) is 0.167. The summed E-state index contributed by atoms with van der Waals surface area (Å²) in [7, 11) is 0. The Labute approximate surface area is 124 Å². The summed E-state index contributed by atoms with van der Waals surface area (Å²) >= 11 is 0. The molecule has 0 amide bonds. The Balaban J connectivity index is 1.69. The van der Waals surface area contributed by atoms with Crippen LogP contribution in [0.5, 0.6) is 0 Å². The molecule has 0 aliphatic heterocycles. The van der Waals surface area contributed by atoms with E-state index in [2.05, 4.69) is 34.6 Å². The number of nitrogens with one attached hydrogen (secondary N) is 1. The second kappa shape index (κ2) is 6.86. The molecule has 3 rings (SSSR count). The van der Waals surface area contributed by atoms with Crippen LogP contribution in [0.1, 0.15) is 22.9 Å². The van der Waals surface area contributed by atoms with Crippen LogP contribution in [-0.4, -0.2) is 11.5 Å². The molecule has 106 valence electrons. The second-order valence-electron chi connectivity index (χ2n) is 4.92. The van der Waals surface area contributed by atoms with Crippen molar-refractivity contribution in [1.82, 2.24) is 10.3 Å². The van der Waals surface area contributed by atoms with Gasteiger partial charge in [0.15, 0.2) is 0 Å². The Kier molecular flexibility index (Phi) is 4.44. The van der Waals surface area contributed by atoms with E-state index in [1.165, 1.54) is 11.1 Å². The van der Waals surface area contributed by atoms with Crippen LogP contribution in [0, 0.1) is 0 Å². The van der Waals surface area contributed by atoms with Crippen molar-refractivity contribution in [2.24, 2.45) is 0 Å². The number of hydrogen-bond acceptors (Lipinski definition) is 3. The van der Waals surface area contributed by atoms with Crippen LogP contribution in [-0.2, 0) is 6.42 Å². The minimum atomic E-state index is 0.0861. The molecule has 0 saturated carbocycles. The second-order valence-corrected chi connectivity index (χ2v) is 4.92. The molecule has 0 aliphatic carbocycles. The Morgan fingerprint density at radius 3 is 2.48 bits per heavy atom. The lowest BCUT2D eigenvalue weighted by atomic mass is 10.0. The first kappa shape index (κ1) is 13.6. The van der Waals surface area contributed by atoms with Gasteiger partial charge in [0.25, 0.3) is 0 Å². The van der Waals surface area contributed by atoms with Gasteiger partial charge >= 0.3 is 0 Å². The highest BCUT2D eigenvalue weighted by Gasteiger charge is 2.15. The summed E-state index contributed by atoms with van der Waals surface area (Å²) in [4.78, 5) is 4.04. The first-order chi connectivity index (χ1) is 10.4. The van der Waals surface area contributed by atoms with E-state index in [0.29, 0.717) is 0 Å². The van der Waals surface area contributed by atoms with Gasteiger partial charge in [0.2, 0.25) is 0 Å². The van der Waals surface area contributed by atoms with Gasteiger partial charge in [0.05, 0.1) is 12.3 Å². The zero-order valence-electron chi connectivity index (χ0n) is 11.8. The molecule has 1 aromatic carbocycles. The van der Waals surface area contributed by atoms with Crippen LogP contribution in [0.15, 0.2) is 77.7 Å².